The van der Waals surface area contributed by atoms with Gasteiger partial charge in [0.15, 0.2) is 0 Å². The minimum Gasteiger partial charge on any atom is -0.274 e. The fourth-order valence-corrected chi connectivity index (χ4v) is 3.31. The van der Waals surface area contributed by atoms with Gasteiger partial charge in [-0.3, -0.25) is 14.5 Å². The van der Waals surface area contributed by atoms with Gasteiger partial charge in [0.1, 0.15) is 0 Å². The highest BCUT2D eigenvalue weighted by molar-refractivity contribution is 9.10. The number of aryl methyl sites for hydroxylation is 1. The second kappa shape index (κ2) is 4.85. The van der Waals surface area contributed by atoms with Gasteiger partial charge in [-0.05, 0) is 50.5 Å². The molecule has 2 aliphatic rings. The number of fused-ring (bicyclic) bond motifs is 1. The van der Waals surface area contributed by atoms with Crippen molar-refractivity contribution in [2.75, 3.05) is 4.90 Å². The second-order valence-electron chi connectivity index (χ2n) is 5.65. The van der Waals surface area contributed by atoms with E-state index in [9.17, 15) is 9.59 Å². The Morgan fingerprint density at radius 2 is 1.85 bits per heavy atom. The van der Waals surface area contributed by atoms with Crippen LogP contribution in [0.25, 0.3) is 0 Å². The van der Waals surface area contributed by atoms with E-state index in [4.69, 9.17) is 0 Å². The van der Waals surface area contributed by atoms with Crippen LogP contribution in [0.3, 0.4) is 0 Å². The summed E-state index contributed by atoms with van der Waals surface area (Å²) in [4.78, 5) is 26.5. The van der Waals surface area contributed by atoms with Gasteiger partial charge in [0.2, 0.25) is 11.8 Å². The Morgan fingerprint density at radius 3 is 2.55 bits per heavy atom. The first-order valence-corrected chi connectivity index (χ1v) is 7.58. The third kappa shape index (κ3) is 2.03. The quantitative estimate of drug-likeness (QED) is 0.581. The topological polar surface area (TPSA) is 37.4 Å². The molecule has 2 amide bonds. The molecule has 1 aromatic rings. The number of rotatable bonds is 1. The molecular formula is C16H16BrNO2. The summed E-state index contributed by atoms with van der Waals surface area (Å²) >= 11 is 3.44. The summed E-state index contributed by atoms with van der Waals surface area (Å²) in [6.45, 7) is 3.98. The highest BCUT2D eigenvalue weighted by Crippen LogP contribution is 2.40. The largest absolute Gasteiger partial charge is 0.274 e. The monoisotopic (exact) mass is 333 g/mol. The Kier molecular flexibility index (Phi) is 3.28. The van der Waals surface area contributed by atoms with Crippen molar-refractivity contribution in [3.8, 4) is 0 Å². The normalized spacial score (nSPS) is 25.8. The van der Waals surface area contributed by atoms with E-state index < -0.39 is 0 Å². The summed E-state index contributed by atoms with van der Waals surface area (Å²) in [5.41, 5.74) is 2.92. The molecule has 2 atom stereocenters. The maximum atomic E-state index is 12.6. The zero-order valence-electron chi connectivity index (χ0n) is 11.5. The molecule has 1 saturated heterocycles. The van der Waals surface area contributed by atoms with Crippen LogP contribution in [0.4, 0.5) is 5.69 Å². The molecule has 0 unspecified atom stereocenters. The zero-order chi connectivity index (χ0) is 14.4. The average molecular weight is 334 g/mol. The van der Waals surface area contributed by atoms with Crippen LogP contribution in [0.1, 0.15) is 25.3 Å². The second-order valence-corrected chi connectivity index (χ2v) is 6.50. The molecule has 104 valence electrons. The molecule has 0 bridgehead atoms. The number of allylic oxidation sites excluding steroid dienone is 2. The van der Waals surface area contributed by atoms with Crippen LogP contribution in [0, 0.1) is 18.8 Å². The summed E-state index contributed by atoms with van der Waals surface area (Å²) in [6.07, 6.45) is 3.48. The first-order valence-electron chi connectivity index (χ1n) is 6.78. The molecule has 3 rings (SSSR count). The lowest BCUT2D eigenvalue weighted by molar-refractivity contribution is -0.122. The summed E-state index contributed by atoms with van der Waals surface area (Å²) in [5, 5.41) is 0. The highest BCUT2D eigenvalue weighted by atomic mass is 79.9. The molecule has 1 heterocycles. The number of benzene rings is 1. The standard InChI is InChI=1S/C16H16BrNO2/c1-9-3-5-12-13(7-9)16(20)18(15(12)19)11-4-6-14(17)10(2)8-11/h3-4,6,8,12-13H,5,7H2,1-2H3/t12-,13+/m1/s1. The van der Waals surface area contributed by atoms with Crippen LogP contribution in [0.15, 0.2) is 34.3 Å². The van der Waals surface area contributed by atoms with Gasteiger partial charge in [-0.25, -0.2) is 0 Å². The van der Waals surface area contributed by atoms with Crippen molar-refractivity contribution in [1.82, 2.24) is 0 Å². The van der Waals surface area contributed by atoms with Crippen molar-refractivity contribution in [3.63, 3.8) is 0 Å². The van der Waals surface area contributed by atoms with E-state index in [2.05, 4.69) is 22.0 Å². The molecule has 20 heavy (non-hydrogen) atoms. The van der Waals surface area contributed by atoms with Crippen LogP contribution in [0.2, 0.25) is 0 Å². The Bertz CT molecular complexity index is 635. The zero-order valence-corrected chi connectivity index (χ0v) is 13.1. The van der Waals surface area contributed by atoms with Crippen LogP contribution in [-0.2, 0) is 9.59 Å². The molecule has 1 fully saturated rings. The Labute approximate surface area is 126 Å². The minimum atomic E-state index is -0.171. The number of anilines is 1. The van der Waals surface area contributed by atoms with Crippen LogP contribution < -0.4 is 4.90 Å². The SMILES string of the molecule is CC1=CC[C@H]2C(=O)N(c3ccc(Br)c(C)c3)C(=O)[C@H]2C1. The molecule has 3 nitrogen and oxygen atoms in total. The van der Waals surface area contributed by atoms with Gasteiger partial charge >= 0.3 is 0 Å². The summed E-state index contributed by atoms with van der Waals surface area (Å²) < 4.78 is 0.982. The van der Waals surface area contributed by atoms with E-state index in [1.807, 2.05) is 32.0 Å². The third-order valence-corrected chi connectivity index (χ3v) is 5.11. The van der Waals surface area contributed by atoms with Crippen molar-refractivity contribution in [2.45, 2.75) is 26.7 Å². The number of nitrogens with zero attached hydrogens (tertiary/aromatic N) is 1. The lowest BCUT2D eigenvalue weighted by atomic mass is 9.82. The number of halogens is 1. The number of amides is 2. The average Bonchev–Trinajstić information content (AvgIpc) is 2.65. The fourth-order valence-electron chi connectivity index (χ4n) is 3.06. The van der Waals surface area contributed by atoms with Gasteiger partial charge < -0.3 is 0 Å². The number of hydrogen-bond acceptors (Lipinski definition) is 2. The van der Waals surface area contributed by atoms with Crippen molar-refractivity contribution in [2.24, 2.45) is 11.8 Å². The first-order chi connectivity index (χ1) is 9.49. The van der Waals surface area contributed by atoms with E-state index in [1.54, 1.807) is 0 Å². The molecule has 1 aliphatic carbocycles. The van der Waals surface area contributed by atoms with Gasteiger partial charge in [0.25, 0.3) is 0 Å². The predicted octanol–water partition coefficient (Wildman–Crippen LogP) is 3.60. The van der Waals surface area contributed by atoms with Gasteiger partial charge in [-0.15, -0.1) is 0 Å². The molecule has 0 saturated carbocycles. The summed E-state index contributed by atoms with van der Waals surface area (Å²) in [6, 6.07) is 5.60. The number of carbonyl (C=O) groups excluding carboxylic acids is 2. The Hall–Kier alpha value is -1.42. The van der Waals surface area contributed by atoms with E-state index in [0.717, 1.165) is 10.0 Å². The van der Waals surface area contributed by atoms with Crippen molar-refractivity contribution in [3.05, 3.63) is 39.9 Å². The van der Waals surface area contributed by atoms with Crippen LogP contribution in [0.5, 0.6) is 0 Å². The third-order valence-electron chi connectivity index (χ3n) is 4.22. The van der Waals surface area contributed by atoms with E-state index in [-0.39, 0.29) is 23.7 Å². The van der Waals surface area contributed by atoms with Gasteiger partial charge in [-0.2, -0.15) is 0 Å². The summed E-state index contributed by atoms with van der Waals surface area (Å²) in [5.74, 6) is -0.439. The van der Waals surface area contributed by atoms with E-state index in [1.165, 1.54) is 10.5 Å². The van der Waals surface area contributed by atoms with Crippen LogP contribution in [-0.4, -0.2) is 11.8 Å². The smallest absolute Gasteiger partial charge is 0.238 e. The van der Waals surface area contributed by atoms with Gasteiger partial charge in [-0.1, -0.05) is 27.6 Å². The molecule has 0 spiro atoms. The summed E-state index contributed by atoms with van der Waals surface area (Å²) in [7, 11) is 0. The first kappa shape index (κ1) is 13.6. The Balaban J connectivity index is 1.97. The molecule has 4 heteroatoms. The Morgan fingerprint density at radius 1 is 1.15 bits per heavy atom. The molecule has 0 N–H and O–H groups in total. The highest BCUT2D eigenvalue weighted by Gasteiger charge is 2.48. The maximum Gasteiger partial charge on any atom is 0.238 e. The van der Waals surface area contributed by atoms with Crippen LogP contribution >= 0.6 is 15.9 Å². The number of imide groups is 1. The van der Waals surface area contributed by atoms with E-state index in [0.29, 0.717) is 18.5 Å². The maximum absolute atomic E-state index is 12.6. The van der Waals surface area contributed by atoms with Crippen molar-refractivity contribution >= 4 is 33.4 Å². The van der Waals surface area contributed by atoms with Crippen molar-refractivity contribution < 1.29 is 9.59 Å². The molecule has 1 aliphatic heterocycles. The lowest BCUT2D eigenvalue weighted by Crippen LogP contribution is -2.30. The molecular weight excluding hydrogens is 318 g/mol. The van der Waals surface area contributed by atoms with Gasteiger partial charge in [0.05, 0.1) is 17.5 Å². The van der Waals surface area contributed by atoms with Crippen molar-refractivity contribution in [1.29, 1.82) is 0 Å². The van der Waals surface area contributed by atoms with E-state index >= 15 is 0 Å². The number of hydrogen-bond donors (Lipinski definition) is 0. The molecule has 0 radical (unpaired) electrons. The minimum absolute atomic E-state index is 0.0471. The van der Waals surface area contributed by atoms with Gasteiger partial charge in [0, 0.05) is 4.47 Å². The lowest BCUT2D eigenvalue weighted by Gasteiger charge is -2.18. The molecule has 1 aromatic carbocycles. The molecule has 0 aromatic heterocycles. The number of carbonyl (C=O) groups is 2. The predicted molar refractivity (Wildman–Crippen MR) is 81.3 cm³/mol. The fraction of sp³-hybridized carbons (Fsp3) is 0.375.